The Morgan fingerprint density at radius 1 is 1.25 bits per heavy atom. The van der Waals surface area contributed by atoms with Crippen LogP contribution in [0.15, 0.2) is 42.6 Å². The number of nitrogens with one attached hydrogen (secondary N) is 1. The zero-order chi connectivity index (χ0) is 14.1. The van der Waals surface area contributed by atoms with Gasteiger partial charge in [0.05, 0.1) is 26.1 Å². The van der Waals surface area contributed by atoms with Crippen molar-refractivity contribution >= 4 is 51.1 Å². The van der Waals surface area contributed by atoms with E-state index in [0.29, 0.717) is 26.1 Å². The summed E-state index contributed by atoms with van der Waals surface area (Å²) in [5.74, 6) is -0.197. The summed E-state index contributed by atoms with van der Waals surface area (Å²) in [4.78, 5) is 16.9. The minimum Gasteiger partial charge on any atom is -0.397 e. The summed E-state index contributed by atoms with van der Waals surface area (Å²) in [5.41, 5.74) is 7.81. The van der Waals surface area contributed by atoms with Gasteiger partial charge in [0.15, 0.2) is 0 Å². The second-order valence-electron chi connectivity index (χ2n) is 4.16. The minimum atomic E-state index is -0.197. The molecular formula is C14H10ClN3OS. The number of aromatic nitrogens is 1. The van der Waals surface area contributed by atoms with Crippen LogP contribution in [-0.2, 0) is 0 Å². The lowest BCUT2D eigenvalue weighted by Crippen LogP contribution is -2.10. The van der Waals surface area contributed by atoms with Crippen LogP contribution in [0.5, 0.6) is 0 Å². The number of nitrogens with zero attached hydrogens (tertiary/aromatic N) is 1. The number of thiophene rings is 1. The van der Waals surface area contributed by atoms with Crippen LogP contribution in [0.3, 0.4) is 0 Å². The van der Waals surface area contributed by atoms with Gasteiger partial charge in [0, 0.05) is 11.6 Å². The number of pyridine rings is 1. The molecule has 100 valence electrons. The van der Waals surface area contributed by atoms with E-state index in [1.165, 1.54) is 11.3 Å². The first-order chi connectivity index (χ1) is 9.65. The van der Waals surface area contributed by atoms with Gasteiger partial charge in [-0.05, 0) is 36.4 Å². The lowest BCUT2D eigenvalue weighted by Gasteiger charge is -2.09. The fraction of sp³-hybridized carbons (Fsp3) is 0. The van der Waals surface area contributed by atoms with Crippen LogP contribution in [0.4, 0.5) is 11.4 Å². The highest BCUT2D eigenvalue weighted by atomic mass is 35.5. The standard InChI is InChI=1S/C14H10ClN3OS/c15-12-6-5-11(20-12)14(19)18-10-4-3-9(16)13-8(10)2-1-7-17-13/h1-7H,16H2,(H,18,19). The zero-order valence-electron chi connectivity index (χ0n) is 10.3. The molecule has 0 bridgehead atoms. The van der Waals surface area contributed by atoms with E-state index in [-0.39, 0.29) is 5.91 Å². The number of benzene rings is 1. The summed E-state index contributed by atoms with van der Waals surface area (Å²) in [5, 5.41) is 3.67. The van der Waals surface area contributed by atoms with Gasteiger partial charge in [0.25, 0.3) is 5.91 Å². The number of hydrogen-bond acceptors (Lipinski definition) is 4. The van der Waals surface area contributed by atoms with Gasteiger partial charge in [-0.25, -0.2) is 0 Å². The molecule has 0 aliphatic rings. The van der Waals surface area contributed by atoms with Crippen LogP contribution in [0, 0.1) is 0 Å². The van der Waals surface area contributed by atoms with Crippen LogP contribution in [0.25, 0.3) is 10.9 Å². The lowest BCUT2D eigenvalue weighted by atomic mass is 10.1. The number of carbonyl (C=O) groups excluding carboxylic acids is 1. The average Bonchev–Trinajstić information content (AvgIpc) is 2.89. The molecule has 6 heteroatoms. The number of hydrogen-bond donors (Lipinski definition) is 2. The summed E-state index contributed by atoms with van der Waals surface area (Å²) >= 11 is 7.07. The molecule has 3 rings (SSSR count). The molecule has 0 fully saturated rings. The number of nitrogens with two attached hydrogens (primary N) is 1. The normalized spacial score (nSPS) is 10.7. The number of fused-ring (bicyclic) bond motifs is 1. The molecule has 3 N–H and O–H groups in total. The minimum absolute atomic E-state index is 0.197. The molecule has 1 amide bonds. The maximum Gasteiger partial charge on any atom is 0.265 e. The molecule has 0 aliphatic heterocycles. The molecule has 0 radical (unpaired) electrons. The maximum atomic E-state index is 12.1. The van der Waals surface area contributed by atoms with Crippen molar-refractivity contribution in [2.45, 2.75) is 0 Å². The first-order valence-electron chi connectivity index (χ1n) is 5.85. The molecule has 1 aromatic carbocycles. The molecule has 2 aromatic heterocycles. The largest absolute Gasteiger partial charge is 0.397 e. The third kappa shape index (κ3) is 2.33. The number of anilines is 2. The van der Waals surface area contributed by atoms with Crippen molar-refractivity contribution in [2.24, 2.45) is 0 Å². The molecule has 2 heterocycles. The summed E-state index contributed by atoms with van der Waals surface area (Å²) in [7, 11) is 0. The predicted octanol–water partition coefficient (Wildman–Crippen LogP) is 3.78. The first-order valence-corrected chi connectivity index (χ1v) is 7.04. The second kappa shape index (κ2) is 5.11. The highest BCUT2D eigenvalue weighted by molar-refractivity contribution is 7.18. The van der Waals surface area contributed by atoms with Gasteiger partial charge >= 0.3 is 0 Å². The van der Waals surface area contributed by atoms with E-state index in [0.717, 1.165) is 5.39 Å². The van der Waals surface area contributed by atoms with Crippen molar-refractivity contribution in [3.63, 3.8) is 0 Å². The van der Waals surface area contributed by atoms with E-state index < -0.39 is 0 Å². The maximum absolute atomic E-state index is 12.1. The van der Waals surface area contributed by atoms with Gasteiger partial charge < -0.3 is 11.1 Å². The van der Waals surface area contributed by atoms with Crippen molar-refractivity contribution in [2.75, 3.05) is 11.1 Å². The van der Waals surface area contributed by atoms with E-state index in [4.69, 9.17) is 17.3 Å². The van der Waals surface area contributed by atoms with Gasteiger partial charge in [-0.1, -0.05) is 11.6 Å². The van der Waals surface area contributed by atoms with Crippen molar-refractivity contribution in [1.82, 2.24) is 4.98 Å². The number of carbonyl (C=O) groups is 1. The van der Waals surface area contributed by atoms with Crippen LogP contribution in [-0.4, -0.2) is 10.9 Å². The summed E-state index contributed by atoms with van der Waals surface area (Å²) < 4.78 is 0.582. The van der Waals surface area contributed by atoms with Gasteiger partial charge in [0.2, 0.25) is 0 Å². The quantitative estimate of drug-likeness (QED) is 0.708. The van der Waals surface area contributed by atoms with Gasteiger partial charge in [0.1, 0.15) is 0 Å². The first kappa shape index (κ1) is 12.9. The fourth-order valence-corrected chi connectivity index (χ4v) is 2.86. The van der Waals surface area contributed by atoms with Crippen molar-refractivity contribution in [1.29, 1.82) is 0 Å². The van der Waals surface area contributed by atoms with E-state index in [1.54, 1.807) is 36.5 Å². The van der Waals surface area contributed by atoms with E-state index in [9.17, 15) is 4.79 Å². The van der Waals surface area contributed by atoms with Gasteiger partial charge in [-0.2, -0.15) is 0 Å². The highest BCUT2D eigenvalue weighted by Crippen LogP contribution is 2.28. The van der Waals surface area contributed by atoms with Crippen LogP contribution in [0.1, 0.15) is 9.67 Å². The smallest absolute Gasteiger partial charge is 0.265 e. The average molecular weight is 304 g/mol. The Morgan fingerprint density at radius 2 is 2.10 bits per heavy atom. The second-order valence-corrected chi connectivity index (χ2v) is 5.87. The Morgan fingerprint density at radius 3 is 2.85 bits per heavy atom. The molecule has 0 spiro atoms. The molecule has 0 unspecified atom stereocenters. The third-order valence-electron chi connectivity index (χ3n) is 2.85. The summed E-state index contributed by atoms with van der Waals surface area (Å²) in [6, 6.07) is 10.6. The fourth-order valence-electron chi connectivity index (χ4n) is 1.92. The topological polar surface area (TPSA) is 68.0 Å². The van der Waals surface area contributed by atoms with Crippen molar-refractivity contribution < 1.29 is 4.79 Å². The highest BCUT2D eigenvalue weighted by Gasteiger charge is 2.11. The van der Waals surface area contributed by atoms with Crippen molar-refractivity contribution in [3.8, 4) is 0 Å². The monoisotopic (exact) mass is 303 g/mol. The summed E-state index contributed by atoms with van der Waals surface area (Å²) in [6.07, 6.45) is 1.67. The lowest BCUT2D eigenvalue weighted by molar-refractivity contribution is 0.103. The third-order valence-corrected chi connectivity index (χ3v) is 4.08. The van der Waals surface area contributed by atoms with Crippen LogP contribution < -0.4 is 11.1 Å². The molecule has 0 saturated carbocycles. The van der Waals surface area contributed by atoms with Crippen LogP contribution in [0.2, 0.25) is 4.34 Å². The Balaban J connectivity index is 1.99. The van der Waals surface area contributed by atoms with E-state index >= 15 is 0 Å². The number of amides is 1. The SMILES string of the molecule is Nc1ccc(NC(=O)c2ccc(Cl)s2)c2cccnc12. The molecule has 0 aliphatic carbocycles. The number of halogens is 1. The Kier molecular flexibility index (Phi) is 3.30. The van der Waals surface area contributed by atoms with Crippen LogP contribution >= 0.6 is 22.9 Å². The summed E-state index contributed by atoms with van der Waals surface area (Å²) in [6.45, 7) is 0. The zero-order valence-corrected chi connectivity index (χ0v) is 11.8. The van der Waals surface area contributed by atoms with E-state index in [2.05, 4.69) is 10.3 Å². The number of rotatable bonds is 2. The Bertz CT molecular complexity index is 800. The van der Waals surface area contributed by atoms with E-state index in [1.807, 2.05) is 6.07 Å². The van der Waals surface area contributed by atoms with Crippen molar-refractivity contribution in [3.05, 3.63) is 51.8 Å². The van der Waals surface area contributed by atoms with Gasteiger partial charge in [-0.15, -0.1) is 11.3 Å². The molecule has 0 atom stereocenters. The molecule has 20 heavy (non-hydrogen) atoms. The molecular weight excluding hydrogens is 294 g/mol. The molecule has 3 aromatic rings. The predicted molar refractivity (Wildman–Crippen MR) is 83.4 cm³/mol. The van der Waals surface area contributed by atoms with Gasteiger partial charge in [-0.3, -0.25) is 9.78 Å². The Labute approximate surface area is 124 Å². The molecule has 0 saturated heterocycles. The Hall–Kier alpha value is -2.11. The molecule has 4 nitrogen and oxygen atoms in total. The number of nitrogen functional groups attached to an aromatic ring is 1.